The quantitative estimate of drug-likeness (QED) is 0.626. The molecule has 0 radical (unpaired) electrons. The summed E-state index contributed by atoms with van der Waals surface area (Å²) in [7, 11) is 2.01. The van der Waals surface area contributed by atoms with Gasteiger partial charge in [-0.25, -0.2) is 9.47 Å². The molecule has 0 atom stereocenters. The lowest BCUT2D eigenvalue weighted by molar-refractivity contribution is 0.284. The number of nitrogens with zero attached hydrogens (tertiary/aromatic N) is 4. The Balaban J connectivity index is 2.36. The summed E-state index contributed by atoms with van der Waals surface area (Å²) in [6.45, 7) is 3.06. The van der Waals surface area contributed by atoms with Gasteiger partial charge >= 0.3 is 5.69 Å². The molecule has 17 heavy (non-hydrogen) atoms. The highest BCUT2D eigenvalue weighted by Gasteiger charge is 2.16. The summed E-state index contributed by atoms with van der Waals surface area (Å²) >= 11 is 0. The van der Waals surface area contributed by atoms with Crippen molar-refractivity contribution in [3.05, 3.63) is 32.6 Å². The fourth-order valence-corrected chi connectivity index (χ4v) is 1.76. The molecule has 0 unspecified atom stereocenters. The summed E-state index contributed by atoms with van der Waals surface area (Å²) in [5.41, 5.74) is -1.19. The fraction of sp³-hybridized carbons (Fsp3) is 0.500. The zero-order valence-electron chi connectivity index (χ0n) is 9.51. The van der Waals surface area contributed by atoms with E-state index in [1.807, 2.05) is 12.1 Å². The van der Waals surface area contributed by atoms with Gasteiger partial charge < -0.3 is 9.91 Å². The molecule has 1 aliphatic heterocycles. The molecule has 0 aromatic carbocycles. The number of hydrogen-bond acceptors (Lipinski definition) is 5. The van der Waals surface area contributed by atoms with E-state index in [0.717, 1.165) is 13.1 Å². The Morgan fingerprint density at radius 3 is 2.53 bits per heavy atom. The second-order valence-electron chi connectivity index (χ2n) is 4.02. The fourth-order valence-electron chi connectivity index (χ4n) is 1.76. The number of hydrogen-bond donors (Lipinski definition) is 1. The third-order valence-corrected chi connectivity index (χ3v) is 2.83. The third-order valence-electron chi connectivity index (χ3n) is 2.83. The molecule has 0 bridgehead atoms. The van der Waals surface area contributed by atoms with Gasteiger partial charge in [0.2, 0.25) is 0 Å². The van der Waals surface area contributed by atoms with Crippen molar-refractivity contribution in [1.29, 1.82) is 5.26 Å². The van der Waals surface area contributed by atoms with Crippen molar-refractivity contribution < 1.29 is 0 Å². The van der Waals surface area contributed by atoms with E-state index < -0.39 is 11.2 Å². The van der Waals surface area contributed by atoms with Gasteiger partial charge in [0.1, 0.15) is 11.6 Å². The molecule has 1 aromatic rings. The predicted molar refractivity (Wildman–Crippen MR) is 61.5 cm³/mol. The van der Waals surface area contributed by atoms with Crippen LogP contribution >= 0.6 is 0 Å². The van der Waals surface area contributed by atoms with Crippen molar-refractivity contribution in [3.63, 3.8) is 0 Å². The number of nitriles is 1. The molecule has 7 nitrogen and oxygen atoms in total. The van der Waals surface area contributed by atoms with E-state index in [0.29, 0.717) is 13.1 Å². The summed E-state index contributed by atoms with van der Waals surface area (Å²) in [5.74, 6) is 0. The summed E-state index contributed by atoms with van der Waals surface area (Å²) < 4.78 is 1.31. The lowest BCUT2D eigenvalue weighted by Crippen LogP contribution is -2.54. The standard InChI is InChI=1S/C10H13N5O2/c1-13-2-4-14(5-3-13)15-7-8(6-11)9(16)12-10(15)17/h7H,2-5H2,1H3,(H,12,16,17). The van der Waals surface area contributed by atoms with E-state index in [2.05, 4.69) is 9.88 Å². The topological polar surface area (TPSA) is 85.1 Å². The smallest absolute Gasteiger partial charge is 0.306 e. The first-order valence-corrected chi connectivity index (χ1v) is 5.31. The Labute approximate surface area is 97.5 Å². The van der Waals surface area contributed by atoms with Crippen molar-refractivity contribution in [2.24, 2.45) is 0 Å². The lowest BCUT2D eigenvalue weighted by Gasteiger charge is -2.34. The van der Waals surface area contributed by atoms with Gasteiger partial charge in [-0.2, -0.15) is 5.26 Å². The molecule has 0 aliphatic carbocycles. The van der Waals surface area contributed by atoms with Crippen molar-refractivity contribution >= 4 is 0 Å². The number of rotatable bonds is 1. The monoisotopic (exact) mass is 235 g/mol. The zero-order chi connectivity index (χ0) is 12.4. The van der Waals surface area contributed by atoms with E-state index in [-0.39, 0.29) is 5.56 Å². The summed E-state index contributed by atoms with van der Waals surface area (Å²) in [4.78, 5) is 27.2. The molecule has 0 saturated carbocycles. The Morgan fingerprint density at radius 1 is 1.29 bits per heavy atom. The van der Waals surface area contributed by atoms with Crippen molar-refractivity contribution in [2.45, 2.75) is 0 Å². The maximum absolute atomic E-state index is 11.6. The number of H-pyrrole nitrogens is 1. The number of aromatic nitrogens is 2. The molecule has 1 aromatic heterocycles. The Bertz CT molecular complexity index is 559. The molecule has 1 aliphatic rings. The van der Waals surface area contributed by atoms with Crippen LogP contribution in [0.15, 0.2) is 15.8 Å². The minimum absolute atomic E-state index is 0.0523. The van der Waals surface area contributed by atoms with Crippen LogP contribution in [0, 0.1) is 11.3 Å². The number of piperazine rings is 1. The molecule has 90 valence electrons. The minimum atomic E-state index is -0.636. The van der Waals surface area contributed by atoms with Crippen molar-refractivity contribution in [1.82, 2.24) is 14.6 Å². The Hall–Kier alpha value is -2.07. The SMILES string of the molecule is CN1CCN(n2cc(C#N)c(=O)[nH]c2=O)CC1. The normalized spacial score (nSPS) is 16.8. The molecule has 1 N–H and O–H groups in total. The van der Waals surface area contributed by atoms with Gasteiger partial charge in [0.25, 0.3) is 5.56 Å². The highest BCUT2D eigenvalue weighted by molar-refractivity contribution is 5.22. The van der Waals surface area contributed by atoms with E-state index in [1.165, 1.54) is 10.9 Å². The maximum Gasteiger partial charge on any atom is 0.347 e. The van der Waals surface area contributed by atoms with Gasteiger partial charge in [0.05, 0.1) is 6.20 Å². The number of likely N-dealkylation sites (N-methyl/N-ethyl adjacent to an activating group) is 1. The van der Waals surface area contributed by atoms with E-state index in [4.69, 9.17) is 5.26 Å². The number of nitrogens with one attached hydrogen (secondary N) is 1. The van der Waals surface area contributed by atoms with E-state index in [1.54, 1.807) is 6.07 Å². The molecular formula is C10H13N5O2. The van der Waals surface area contributed by atoms with Crippen LogP contribution in [0.3, 0.4) is 0 Å². The largest absolute Gasteiger partial charge is 0.347 e. The van der Waals surface area contributed by atoms with Crippen LogP contribution in [0.4, 0.5) is 0 Å². The van der Waals surface area contributed by atoms with Gasteiger partial charge in [0.15, 0.2) is 0 Å². The lowest BCUT2D eigenvalue weighted by atomic mass is 10.3. The van der Waals surface area contributed by atoms with Gasteiger partial charge in [0, 0.05) is 26.2 Å². The van der Waals surface area contributed by atoms with Gasteiger partial charge in [-0.3, -0.25) is 9.78 Å². The first kappa shape index (κ1) is 11.4. The van der Waals surface area contributed by atoms with Crippen LogP contribution in [0.5, 0.6) is 0 Å². The highest BCUT2D eigenvalue weighted by atomic mass is 16.2. The molecule has 1 saturated heterocycles. The maximum atomic E-state index is 11.6. The summed E-state index contributed by atoms with van der Waals surface area (Å²) in [5, 5.41) is 10.6. The van der Waals surface area contributed by atoms with Gasteiger partial charge in [-0.1, -0.05) is 0 Å². The summed E-state index contributed by atoms with van der Waals surface area (Å²) in [6, 6.07) is 1.77. The zero-order valence-corrected chi connectivity index (χ0v) is 9.51. The molecule has 7 heteroatoms. The molecule has 2 heterocycles. The second kappa shape index (κ2) is 4.43. The van der Waals surface area contributed by atoms with Gasteiger partial charge in [-0.15, -0.1) is 0 Å². The second-order valence-corrected chi connectivity index (χ2v) is 4.02. The molecule has 2 rings (SSSR count). The van der Waals surface area contributed by atoms with Gasteiger partial charge in [-0.05, 0) is 7.05 Å². The van der Waals surface area contributed by atoms with Crippen molar-refractivity contribution in [3.8, 4) is 6.07 Å². The van der Waals surface area contributed by atoms with Crippen LogP contribution in [0.25, 0.3) is 0 Å². The van der Waals surface area contributed by atoms with Crippen LogP contribution < -0.4 is 16.3 Å². The molecule has 0 spiro atoms. The Morgan fingerprint density at radius 2 is 1.94 bits per heavy atom. The average molecular weight is 235 g/mol. The Kier molecular flexibility index (Phi) is 2.97. The van der Waals surface area contributed by atoms with Crippen LogP contribution in [-0.2, 0) is 0 Å². The minimum Gasteiger partial charge on any atom is -0.306 e. The average Bonchev–Trinajstić information content (AvgIpc) is 2.31. The molecule has 0 amide bonds. The predicted octanol–water partition coefficient (Wildman–Crippen LogP) is -1.71. The first-order chi connectivity index (χ1) is 8.11. The first-order valence-electron chi connectivity index (χ1n) is 5.31. The van der Waals surface area contributed by atoms with Crippen LogP contribution in [0.2, 0.25) is 0 Å². The van der Waals surface area contributed by atoms with Crippen LogP contribution in [0.1, 0.15) is 5.56 Å². The van der Waals surface area contributed by atoms with E-state index in [9.17, 15) is 9.59 Å². The summed E-state index contributed by atoms with van der Waals surface area (Å²) in [6.07, 6.45) is 1.30. The number of aromatic amines is 1. The van der Waals surface area contributed by atoms with Crippen molar-refractivity contribution in [2.75, 3.05) is 38.2 Å². The third kappa shape index (κ3) is 2.21. The van der Waals surface area contributed by atoms with Crippen LogP contribution in [-0.4, -0.2) is 47.8 Å². The molecular weight excluding hydrogens is 222 g/mol. The van der Waals surface area contributed by atoms with E-state index >= 15 is 0 Å². The molecule has 1 fully saturated rings. The highest BCUT2D eigenvalue weighted by Crippen LogP contribution is 1.97.